The Hall–Kier alpha value is -5.80. The second-order valence-corrected chi connectivity index (χ2v) is 16.8. The Morgan fingerprint density at radius 1 is 0.684 bits per heavy atom. The maximum atomic E-state index is 12.7. The van der Waals surface area contributed by atoms with Crippen molar-refractivity contribution in [1.29, 1.82) is 0 Å². The summed E-state index contributed by atoms with van der Waals surface area (Å²) >= 11 is 0. The highest BCUT2D eigenvalue weighted by Gasteiger charge is 2.22. The summed E-state index contributed by atoms with van der Waals surface area (Å²) in [6.07, 6.45) is 3.20. The summed E-state index contributed by atoms with van der Waals surface area (Å²) in [5.74, 6) is 0.884. The van der Waals surface area contributed by atoms with Crippen molar-refractivity contribution in [2.24, 2.45) is 5.73 Å². The lowest BCUT2D eigenvalue weighted by Crippen LogP contribution is -2.45. The molecule has 2 saturated heterocycles. The smallest absolute Gasteiger partial charge is 0.279 e. The maximum absolute atomic E-state index is 12.7. The fraction of sp³-hybridized carbons (Fsp3) is 0.429. The van der Waals surface area contributed by atoms with Crippen molar-refractivity contribution >= 4 is 40.4 Å². The highest BCUT2D eigenvalue weighted by molar-refractivity contribution is 6.07. The topological polar surface area (TPSA) is 182 Å². The van der Waals surface area contributed by atoms with Crippen LogP contribution < -0.4 is 26.4 Å². The third kappa shape index (κ3) is 9.96. The van der Waals surface area contributed by atoms with Crippen LogP contribution >= 0.6 is 0 Å². The first-order valence-electron chi connectivity index (χ1n) is 19.3. The molecular weight excluding hydrogens is 721 g/mol. The van der Waals surface area contributed by atoms with Gasteiger partial charge in [-0.2, -0.15) is 0 Å². The molecule has 300 valence electrons. The van der Waals surface area contributed by atoms with Crippen LogP contribution in [-0.4, -0.2) is 118 Å². The summed E-state index contributed by atoms with van der Waals surface area (Å²) in [5, 5.41) is 2.70. The molecule has 7 rings (SSSR count). The van der Waals surface area contributed by atoms with Crippen LogP contribution in [0, 0.1) is 0 Å². The third-order valence-electron chi connectivity index (χ3n) is 10.3. The number of hydrogen-bond acceptors (Lipinski definition) is 12. The molecular formula is C42H54N12O3. The van der Waals surface area contributed by atoms with E-state index in [1.807, 2.05) is 24.3 Å². The van der Waals surface area contributed by atoms with Crippen LogP contribution in [0.15, 0.2) is 65.7 Å². The van der Waals surface area contributed by atoms with E-state index in [0.29, 0.717) is 22.9 Å². The number of benzene rings is 2. The summed E-state index contributed by atoms with van der Waals surface area (Å²) in [4.78, 5) is 70.8. The molecule has 2 aromatic carbocycles. The Kier molecular flexibility index (Phi) is 12.0. The number of anilines is 3. The number of piperazine rings is 2. The van der Waals surface area contributed by atoms with Crippen molar-refractivity contribution in [3.05, 3.63) is 93.7 Å². The van der Waals surface area contributed by atoms with Crippen LogP contribution in [0.2, 0.25) is 0 Å². The Balaban J connectivity index is 0.000000193. The van der Waals surface area contributed by atoms with Gasteiger partial charge in [-0.1, -0.05) is 77.9 Å². The molecule has 2 fully saturated rings. The van der Waals surface area contributed by atoms with E-state index in [2.05, 4.69) is 123 Å². The zero-order valence-electron chi connectivity index (χ0n) is 34.3. The van der Waals surface area contributed by atoms with Crippen molar-refractivity contribution in [3.63, 3.8) is 0 Å². The molecule has 2 amide bonds. The molecule has 57 heavy (non-hydrogen) atoms. The lowest BCUT2D eigenvalue weighted by atomic mass is 9.86. The average molecular weight is 775 g/mol. The Labute approximate surface area is 333 Å². The third-order valence-corrected chi connectivity index (χ3v) is 10.3. The number of H-pyrrole nitrogens is 1. The van der Waals surface area contributed by atoms with E-state index in [4.69, 9.17) is 5.73 Å². The highest BCUT2D eigenvalue weighted by Crippen LogP contribution is 2.26. The van der Waals surface area contributed by atoms with Gasteiger partial charge in [-0.15, -0.1) is 0 Å². The van der Waals surface area contributed by atoms with E-state index >= 15 is 0 Å². The molecule has 0 unspecified atom stereocenters. The van der Waals surface area contributed by atoms with Crippen molar-refractivity contribution in [2.45, 2.75) is 52.4 Å². The predicted molar refractivity (Wildman–Crippen MR) is 225 cm³/mol. The number of hydrogen-bond donors (Lipinski definition) is 3. The van der Waals surface area contributed by atoms with Crippen molar-refractivity contribution in [3.8, 4) is 11.4 Å². The normalized spacial score (nSPS) is 15.6. The first kappa shape index (κ1) is 40.9. The number of nitrogens with one attached hydrogen (secondary N) is 2. The number of rotatable bonds is 6. The molecule has 0 saturated carbocycles. The minimum absolute atomic E-state index is 0.00351. The zero-order valence-corrected chi connectivity index (χ0v) is 34.3. The van der Waals surface area contributed by atoms with Crippen LogP contribution in [0.3, 0.4) is 0 Å². The van der Waals surface area contributed by atoms with Gasteiger partial charge in [0.1, 0.15) is 17.5 Å². The molecule has 0 aliphatic carbocycles. The number of carbonyl (C=O) groups excluding carboxylic acids is 2. The largest absolute Gasteiger partial charge is 0.364 e. The second-order valence-electron chi connectivity index (χ2n) is 16.8. The summed E-state index contributed by atoms with van der Waals surface area (Å²) in [6.45, 7) is 20.0. The number of aromatic amines is 1. The van der Waals surface area contributed by atoms with Crippen molar-refractivity contribution < 1.29 is 9.59 Å². The Bertz CT molecular complexity index is 2260. The highest BCUT2D eigenvalue weighted by atomic mass is 16.2. The molecule has 5 aromatic rings. The van der Waals surface area contributed by atoms with Crippen molar-refractivity contribution in [2.75, 3.05) is 81.6 Å². The number of amides is 2. The molecule has 0 atom stereocenters. The fourth-order valence-electron chi connectivity index (χ4n) is 6.50. The van der Waals surface area contributed by atoms with Gasteiger partial charge in [0.2, 0.25) is 0 Å². The maximum Gasteiger partial charge on any atom is 0.279 e. The molecule has 15 nitrogen and oxygen atoms in total. The molecule has 5 heterocycles. The SMILES string of the molecule is CN1CCN(c2cnc(C(N)=O)c(NC(=O)c3ccc(C(C)(C)C)cc3)n2)CC1.CN1CCN(c2cnc3c(=O)[nH]c(-c4ccc(C(C)(C)C)cc4)nc3n2)CC1. The minimum Gasteiger partial charge on any atom is -0.364 e. The van der Waals surface area contributed by atoms with E-state index in [0.717, 1.165) is 69.3 Å². The van der Waals surface area contributed by atoms with E-state index < -0.39 is 5.91 Å². The molecule has 0 spiro atoms. The predicted octanol–water partition coefficient (Wildman–Crippen LogP) is 4.31. The number of nitrogens with zero attached hydrogens (tertiary/aromatic N) is 9. The molecule has 0 bridgehead atoms. The lowest BCUT2D eigenvalue weighted by Gasteiger charge is -2.33. The van der Waals surface area contributed by atoms with Gasteiger partial charge in [0.15, 0.2) is 22.7 Å². The van der Waals surface area contributed by atoms with Crippen LogP contribution in [0.1, 0.15) is 73.5 Å². The van der Waals surface area contributed by atoms with Gasteiger partial charge in [0, 0.05) is 63.5 Å². The number of likely N-dealkylation sites (N-methyl/N-ethyl adjacent to an activating group) is 2. The summed E-state index contributed by atoms with van der Waals surface area (Å²) < 4.78 is 0. The molecule has 15 heteroatoms. The number of nitrogens with two attached hydrogens (primary N) is 1. The first-order valence-corrected chi connectivity index (χ1v) is 19.3. The Morgan fingerprint density at radius 3 is 1.68 bits per heavy atom. The van der Waals surface area contributed by atoms with Gasteiger partial charge in [0.05, 0.1) is 12.4 Å². The van der Waals surface area contributed by atoms with Crippen LogP contribution in [0.5, 0.6) is 0 Å². The summed E-state index contributed by atoms with van der Waals surface area (Å²) in [6, 6.07) is 15.5. The van der Waals surface area contributed by atoms with E-state index in [1.54, 1.807) is 18.3 Å². The molecule has 4 N–H and O–H groups in total. The lowest BCUT2D eigenvalue weighted by molar-refractivity contribution is 0.0996. The number of carbonyl (C=O) groups is 2. The average Bonchev–Trinajstić information content (AvgIpc) is 3.18. The van der Waals surface area contributed by atoms with E-state index in [-0.39, 0.29) is 39.3 Å². The van der Waals surface area contributed by atoms with E-state index in [9.17, 15) is 14.4 Å². The van der Waals surface area contributed by atoms with Crippen LogP contribution in [-0.2, 0) is 10.8 Å². The summed E-state index contributed by atoms with van der Waals surface area (Å²) in [7, 11) is 4.18. The van der Waals surface area contributed by atoms with Crippen LogP contribution in [0.25, 0.3) is 22.6 Å². The standard InChI is InChI=1S/C21H28N6O2.C21H26N6O/c1-21(2,3)15-7-5-14(6-8-15)20(29)25-19-17(18(22)28)23-13-16(24-19)27-11-9-26(4)10-12-27;1-21(2,3)15-7-5-14(6-8-15)18-24-19-17(20(28)25-18)22-13-16(23-19)27-11-9-26(4)10-12-27/h5-8,13H,9-12H2,1-4H3,(H2,22,28)(H,24,25,29);5-8,13H,9-12H2,1-4H3,(H,23,24,25,28). The van der Waals surface area contributed by atoms with Crippen LogP contribution in [0.4, 0.5) is 17.5 Å². The minimum atomic E-state index is -0.735. The molecule has 2 aliphatic heterocycles. The van der Waals surface area contributed by atoms with Gasteiger partial charge in [-0.25, -0.2) is 24.9 Å². The number of fused-ring (bicyclic) bond motifs is 1. The van der Waals surface area contributed by atoms with E-state index in [1.165, 1.54) is 11.8 Å². The van der Waals surface area contributed by atoms with Gasteiger partial charge < -0.3 is 35.6 Å². The summed E-state index contributed by atoms with van der Waals surface area (Å²) in [5.41, 5.74) is 9.53. The quantitative estimate of drug-likeness (QED) is 0.223. The molecule has 0 radical (unpaired) electrons. The van der Waals surface area contributed by atoms with Gasteiger partial charge in [0.25, 0.3) is 17.4 Å². The fourth-order valence-corrected chi connectivity index (χ4v) is 6.50. The molecule has 3 aromatic heterocycles. The second kappa shape index (κ2) is 16.7. The van der Waals surface area contributed by atoms with Gasteiger partial charge in [-0.05, 0) is 48.2 Å². The first-order chi connectivity index (χ1) is 27.0. The van der Waals surface area contributed by atoms with Gasteiger partial charge in [-0.3, -0.25) is 14.4 Å². The van der Waals surface area contributed by atoms with Crippen molar-refractivity contribution in [1.82, 2.24) is 39.7 Å². The number of aromatic nitrogens is 6. The molecule has 2 aliphatic rings. The number of primary amides is 1. The Morgan fingerprint density at radius 2 is 1.18 bits per heavy atom. The van der Waals surface area contributed by atoms with Gasteiger partial charge >= 0.3 is 0 Å². The monoisotopic (exact) mass is 774 g/mol. The zero-order chi connectivity index (χ0) is 41.1.